The van der Waals surface area contributed by atoms with Crippen molar-refractivity contribution in [1.29, 1.82) is 0 Å². The standard InChI is InChI=1S/C16H14ClN3S/c1-18-9-12-8-11-4-2-3-5-14(11)20-16(12)21-15-7-6-13(17)10-19-15/h2-8,10,18H,9H2,1H3. The van der Waals surface area contributed by atoms with Gasteiger partial charge in [-0.3, -0.25) is 0 Å². The van der Waals surface area contributed by atoms with Gasteiger partial charge in [-0.2, -0.15) is 0 Å². The molecule has 0 radical (unpaired) electrons. The Morgan fingerprint density at radius 3 is 2.81 bits per heavy atom. The Balaban J connectivity index is 2.02. The summed E-state index contributed by atoms with van der Waals surface area (Å²) in [4.78, 5) is 9.09. The first-order chi connectivity index (χ1) is 10.3. The minimum absolute atomic E-state index is 0.640. The maximum atomic E-state index is 5.88. The lowest BCUT2D eigenvalue weighted by atomic mass is 10.1. The fourth-order valence-electron chi connectivity index (χ4n) is 2.07. The van der Waals surface area contributed by atoms with Gasteiger partial charge in [-0.1, -0.05) is 29.8 Å². The fourth-order valence-corrected chi connectivity index (χ4v) is 3.03. The van der Waals surface area contributed by atoms with Gasteiger partial charge in [0.1, 0.15) is 10.1 Å². The van der Waals surface area contributed by atoms with Crippen molar-refractivity contribution in [3.63, 3.8) is 0 Å². The molecule has 106 valence electrons. The molecule has 0 aliphatic carbocycles. The average molecular weight is 316 g/mol. The Morgan fingerprint density at radius 2 is 2.05 bits per heavy atom. The molecule has 2 heterocycles. The van der Waals surface area contributed by atoms with Crippen LogP contribution in [0.4, 0.5) is 0 Å². The van der Waals surface area contributed by atoms with Crippen molar-refractivity contribution in [2.45, 2.75) is 16.6 Å². The Kier molecular flexibility index (Phi) is 4.39. The monoisotopic (exact) mass is 315 g/mol. The summed E-state index contributed by atoms with van der Waals surface area (Å²) in [5, 5.41) is 6.84. The van der Waals surface area contributed by atoms with E-state index in [9.17, 15) is 0 Å². The van der Waals surface area contributed by atoms with Gasteiger partial charge in [0.25, 0.3) is 0 Å². The molecule has 0 saturated carbocycles. The molecular formula is C16H14ClN3S. The summed E-state index contributed by atoms with van der Waals surface area (Å²) >= 11 is 7.43. The van der Waals surface area contributed by atoms with E-state index in [0.29, 0.717) is 5.02 Å². The molecule has 0 bridgehead atoms. The third-order valence-corrected chi connectivity index (χ3v) is 4.25. The van der Waals surface area contributed by atoms with Crippen LogP contribution in [0, 0.1) is 0 Å². The molecule has 0 atom stereocenters. The highest BCUT2D eigenvalue weighted by molar-refractivity contribution is 7.99. The predicted molar refractivity (Wildman–Crippen MR) is 87.9 cm³/mol. The molecule has 3 nitrogen and oxygen atoms in total. The number of hydrogen-bond acceptors (Lipinski definition) is 4. The van der Waals surface area contributed by atoms with Crippen LogP contribution < -0.4 is 5.32 Å². The molecule has 0 saturated heterocycles. The van der Waals surface area contributed by atoms with Crippen LogP contribution in [0.15, 0.2) is 58.7 Å². The van der Waals surface area contributed by atoms with Crippen molar-refractivity contribution in [3.05, 3.63) is 59.2 Å². The normalized spacial score (nSPS) is 11.0. The third kappa shape index (κ3) is 3.35. The number of fused-ring (bicyclic) bond motifs is 1. The fraction of sp³-hybridized carbons (Fsp3) is 0.125. The second-order valence-electron chi connectivity index (χ2n) is 4.59. The highest BCUT2D eigenvalue weighted by Crippen LogP contribution is 2.30. The van der Waals surface area contributed by atoms with Crippen LogP contribution in [0.25, 0.3) is 10.9 Å². The lowest BCUT2D eigenvalue weighted by molar-refractivity contribution is 0.793. The summed E-state index contributed by atoms with van der Waals surface area (Å²) in [5.41, 5.74) is 2.16. The molecule has 5 heteroatoms. The van der Waals surface area contributed by atoms with Crippen molar-refractivity contribution < 1.29 is 0 Å². The van der Waals surface area contributed by atoms with E-state index in [2.05, 4.69) is 22.4 Å². The topological polar surface area (TPSA) is 37.8 Å². The number of halogens is 1. The molecule has 0 spiro atoms. The van der Waals surface area contributed by atoms with Crippen LogP contribution in [0.1, 0.15) is 5.56 Å². The lowest BCUT2D eigenvalue weighted by Gasteiger charge is -2.09. The van der Waals surface area contributed by atoms with Gasteiger partial charge in [0.2, 0.25) is 0 Å². The van der Waals surface area contributed by atoms with E-state index in [1.165, 1.54) is 0 Å². The first kappa shape index (κ1) is 14.3. The zero-order chi connectivity index (χ0) is 14.7. The number of nitrogens with one attached hydrogen (secondary N) is 1. The largest absolute Gasteiger partial charge is 0.316 e. The summed E-state index contributed by atoms with van der Waals surface area (Å²) in [7, 11) is 1.93. The maximum Gasteiger partial charge on any atom is 0.107 e. The minimum atomic E-state index is 0.640. The summed E-state index contributed by atoms with van der Waals surface area (Å²) in [6.45, 7) is 0.772. The number of nitrogens with zero attached hydrogens (tertiary/aromatic N) is 2. The van der Waals surface area contributed by atoms with Gasteiger partial charge in [0.05, 0.1) is 10.5 Å². The second kappa shape index (κ2) is 6.43. The number of benzene rings is 1. The molecule has 1 aromatic carbocycles. The summed E-state index contributed by atoms with van der Waals surface area (Å²) in [6, 6.07) is 14.1. The molecule has 0 unspecified atom stereocenters. The zero-order valence-electron chi connectivity index (χ0n) is 11.5. The zero-order valence-corrected chi connectivity index (χ0v) is 13.1. The maximum absolute atomic E-state index is 5.88. The Morgan fingerprint density at radius 1 is 1.19 bits per heavy atom. The SMILES string of the molecule is CNCc1cc2ccccc2nc1Sc1ccc(Cl)cn1. The lowest BCUT2D eigenvalue weighted by Crippen LogP contribution is -2.07. The van der Waals surface area contributed by atoms with Gasteiger partial charge >= 0.3 is 0 Å². The average Bonchev–Trinajstić information content (AvgIpc) is 2.50. The highest BCUT2D eigenvalue weighted by atomic mass is 35.5. The van der Waals surface area contributed by atoms with Crippen LogP contribution in [0.5, 0.6) is 0 Å². The number of hydrogen-bond donors (Lipinski definition) is 1. The van der Waals surface area contributed by atoms with Crippen LogP contribution >= 0.6 is 23.4 Å². The Labute approximate surface area is 132 Å². The quantitative estimate of drug-likeness (QED) is 0.784. The Hall–Kier alpha value is -1.62. The van der Waals surface area contributed by atoms with E-state index in [1.54, 1.807) is 18.0 Å². The molecule has 2 aromatic heterocycles. The second-order valence-corrected chi connectivity index (χ2v) is 6.04. The number of pyridine rings is 2. The van der Waals surface area contributed by atoms with E-state index in [4.69, 9.17) is 16.6 Å². The van der Waals surface area contributed by atoms with Crippen molar-refractivity contribution in [3.8, 4) is 0 Å². The van der Waals surface area contributed by atoms with E-state index < -0.39 is 0 Å². The summed E-state index contributed by atoms with van der Waals surface area (Å²) in [6.07, 6.45) is 1.66. The van der Waals surface area contributed by atoms with E-state index in [0.717, 1.165) is 33.1 Å². The van der Waals surface area contributed by atoms with E-state index >= 15 is 0 Å². The van der Waals surface area contributed by atoms with E-state index in [-0.39, 0.29) is 0 Å². The predicted octanol–water partition coefficient (Wildman–Crippen LogP) is 4.15. The smallest absolute Gasteiger partial charge is 0.107 e. The first-order valence-corrected chi connectivity index (χ1v) is 7.78. The first-order valence-electron chi connectivity index (χ1n) is 6.59. The van der Waals surface area contributed by atoms with Crippen LogP contribution in [-0.2, 0) is 6.54 Å². The summed E-state index contributed by atoms with van der Waals surface area (Å²) in [5.74, 6) is 0. The molecule has 0 fully saturated rings. The van der Waals surface area contributed by atoms with Gasteiger partial charge in [0, 0.05) is 18.1 Å². The molecule has 3 rings (SSSR count). The van der Waals surface area contributed by atoms with Gasteiger partial charge in [0.15, 0.2) is 0 Å². The van der Waals surface area contributed by atoms with Crippen molar-refractivity contribution in [1.82, 2.24) is 15.3 Å². The van der Waals surface area contributed by atoms with Crippen LogP contribution in [-0.4, -0.2) is 17.0 Å². The van der Waals surface area contributed by atoms with Crippen molar-refractivity contribution in [2.24, 2.45) is 0 Å². The van der Waals surface area contributed by atoms with Crippen LogP contribution in [0.3, 0.4) is 0 Å². The molecule has 0 aliphatic rings. The van der Waals surface area contributed by atoms with Gasteiger partial charge < -0.3 is 5.32 Å². The molecule has 21 heavy (non-hydrogen) atoms. The molecule has 1 N–H and O–H groups in total. The van der Waals surface area contributed by atoms with E-state index in [1.807, 2.05) is 37.4 Å². The molecular weight excluding hydrogens is 302 g/mol. The number of rotatable bonds is 4. The van der Waals surface area contributed by atoms with Crippen molar-refractivity contribution >= 4 is 34.3 Å². The Bertz CT molecular complexity index is 759. The third-order valence-electron chi connectivity index (χ3n) is 3.03. The minimum Gasteiger partial charge on any atom is -0.316 e. The van der Waals surface area contributed by atoms with Crippen molar-refractivity contribution in [2.75, 3.05) is 7.05 Å². The van der Waals surface area contributed by atoms with Gasteiger partial charge in [-0.25, -0.2) is 9.97 Å². The van der Waals surface area contributed by atoms with Crippen LogP contribution in [0.2, 0.25) is 5.02 Å². The molecule has 0 amide bonds. The highest BCUT2D eigenvalue weighted by Gasteiger charge is 2.09. The summed E-state index contributed by atoms with van der Waals surface area (Å²) < 4.78 is 0. The number of para-hydroxylation sites is 1. The molecule has 0 aliphatic heterocycles. The molecule has 3 aromatic rings. The van der Waals surface area contributed by atoms with Gasteiger partial charge in [-0.15, -0.1) is 0 Å². The number of aromatic nitrogens is 2. The van der Waals surface area contributed by atoms with Gasteiger partial charge in [-0.05, 0) is 48.6 Å².